The van der Waals surface area contributed by atoms with E-state index >= 15 is 0 Å². The van der Waals surface area contributed by atoms with Crippen LogP contribution in [-0.4, -0.2) is 14.8 Å². The first-order valence-corrected chi connectivity index (χ1v) is 7.28. The normalized spacial score (nSPS) is 13.8. The van der Waals surface area contributed by atoms with Crippen molar-refractivity contribution in [3.8, 4) is 0 Å². The van der Waals surface area contributed by atoms with Gasteiger partial charge in [-0.2, -0.15) is 0 Å². The molecule has 0 saturated carbocycles. The summed E-state index contributed by atoms with van der Waals surface area (Å²) in [5.41, 5.74) is -0.0517. The van der Waals surface area contributed by atoms with E-state index in [0.29, 0.717) is 5.28 Å². The first kappa shape index (κ1) is 13.6. The Kier molecular flexibility index (Phi) is 3.78. The van der Waals surface area contributed by atoms with Gasteiger partial charge in [0.25, 0.3) is 0 Å². The van der Waals surface area contributed by atoms with Crippen LogP contribution in [0.15, 0.2) is 17.5 Å². The molecule has 0 aliphatic heterocycles. The number of rotatable bonds is 3. The molecule has 1 atom stereocenters. The Morgan fingerprint density at radius 1 is 1.39 bits per heavy atom. The third-order valence-electron chi connectivity index (χ3n) is 2.84. The second-order valence-electron chi connectivity index (χ2n) is 5.55. The second kappa shape index (κ2) is 5.02. The molecule has 2 heterocycles. The minimum atomic E-state index is -0.0517. The lowest BCUT2D eigenvalue weighted by Crippen LogP contribution is -2.22. The predicted octanol–water partition coefficient (Wildman–Crippen LogP) is 4.09. The Bertz CT molecular complexity index is 511. The zero-order valence-corrected chi connectivity index (χ0v) is 12.7. The van der Waals surface area contributed by atoms with Gasteiger partial charge in [-0.3, -0.25) is 4.57 Å². The molecule has 5 heteroatoms. The Morgan fingerprint density at radius 2 is 2.11 bits per heavy atom. The van der Waals surface area contributed by atoms with E-state index in [0.717, 1.165) is 12.2 Å². The van der Waals surface area contributed by atoms with Crippen molar-refractivity contribution in [3.05, 3.63) is 33.5 Å². The molecule has 0 amide bonds. The van der Waals surface area contributed by atoms with Crippen molar-refractivity contribution in [1.82, 2.24) is 14.8 Å². The molecule has 0 aliphatic carbocycles. The number of hydrogen-bond acceptors (Lipinski definition) is 3. The molecular formula is C13H18ClN3S. The molecule has 0 saturated heterocycles. The first-order chi connectivity index (χ1) is 8.39. The average molecular weight is 284 g/mol. The van der Waals surface area contributed by atoms with Crippen LogP contribution in [0, 0.1) is 0 Å². The minimum absolute atomic E-state index is 0.0517. The Morgan fingerprint density at radius 3 is 2.67 bits per heavy atom. The van der Waals surface area contributed by atoms with Crippen LogP contribution in [0.2, 0.25) is 5.28 Å². The molecule has 18 heavy (non-hydrogen) atoms. The van der Waals surface area contributed by atoms with Crippen LogP contribution in [0.25, 0.3) is 0 Å². The molecule has 1 unspecified atom stereocenters. The van der Waals surface area contributed by atoms with Gasteiger partial charge < -0.3 is 0 Å². The van der Waals surface area contributed by atoms with Gasteiger partial charge in [0.1, 0.15) is 5.82 Å². The van der Waals surface area contributed by atoms with E-state index in [1.165, 1.54) is 4.88 Å². The highest BCUT2D eigenvalue weighted by atomic mass is 35.5. The highest BCUT2D eigenvalue weighted by Crippen LogP contribution is 2.28. The van der Waals surface area contributed by atoms with E-state index < -0.39 is 0 Å². The molecule has 98 valence electrons. The lowest BCUT2D eigenvalue weighted by atomic mass is 9.95. The first-order valence-electron chi connectivity index (χ1n) is 6.03. The van der Waals surface area contributed by atoms with Gasteiger partial charge in [-0.05, 0) is 30.0 Å². The van der Waals surface area contributed by atoms with Crippen molar-refractivity contribution in [2.24, 2.45) is 0 Å². The van der Waals surface area contributed by atoms with Crippen molar-refractivity contribution in [3.63, 3.8) is 0 Å². The fourth-order valence-electron chi connectivity index (χ4n) is 1.99. The molecular weight excluding hydrogens is 266 g/mol. The van der Waals surface area contributed by atoms with Gasteiger partial charge in [-0.1, -0.05) is 26.8 Å². The summed E-state index contributed by atoms with van der Waals surface area (Å²) in [5, 5.41) is 10.8. The summed E-state index contributed by atoms with van der Waals surface area (Å²) < 4.78 is 2.04. The van der Waals surface area contributed by atoms with Crippen molar-refractivity contribution in [1.29, 1.82) is 0 Å². The number of halogens is 1. The summed E-state index contributed by atoms with van der Waals surface area (Å²) in [6.45, 7) is 8.54. The molecule has 0 aromatic carbocycles. The van der Waals surface area contributed by atoms with Gasteiger partial charge in [0, 0.05) is 22.8 Å². The van der Waals surface area contributed by atoms with E-state index in [1.54, 1.807) is 11.3 Å². The molecule has 0 N–H and O–H groups in total. The second-order valence-corrected chi connectivity index (χ2v) is 6.92. The summed E-state index contributed by atoms with van der Waals surface area (Å²) in [4.78, 5) is 1.35. The zero-order valence-electron chi connectivity index (χ0n) is 11.1. The monoisotopic (exact) mass is 283 g/mol. The van der Waals surface area contributed by atoms with Crippen LogP contribution in [0.3, 0.4) is 0 Å². The van der Waals surface area contributed by atoms with E-state index in [9.17, 15) is 0 Å². The van der Waals surface area contributed by atoms with Gasteiger partial charge in [0.15, 0.2) is 0 Å². The van der Waals surface area contributed by atoms with Crippen molar-refractivity contribution in [2.75, 3.05) is 0 Å². The molecule has 0 aliphatic rings. The van der Waals surface area contributed by atoms with Crippen LogP contribution in [0.1, 0.15) is 44.4 Å². The number of thiophene rings is 1. The number of hydrogen-bond donors (Lipinski definition) is 0. The minimum Gasteiger partial charge on any atom is -0.298 e. The predicted molar refractivity (Wildman–Crippen MR) is 76.5 cm³/mol. The lowest BCUT2D eigenvalue weighted by Gasteiger charge is -2.23. The largest absolute Gasteiger partial charge is 0.298 e. The maximum atomic E-state index is 6.18. The summed E-state index contributed by atoms with van der Waals surface area (Å²) in [6.07, 6.45) is 0.957. The third-order valence-corrected chi connectivity index (χ3v) is 4.00. The molecule has 0 spiro atoms. The molecule has 2 rings (SSSR count). The van der Waals surface area contributed by atoms with E-state index in [2.05, 4.69) is 55.4 Å². The number of nitrogens with zero attached hydrogens (tertiary/aromatic N) is 3. The van der Waals surface area contributed by atoms with E-state index in [-0.39, 0.29) is 11.5 Å². The summed E-state index contributed by atoms with van der Waals surface area (Å²) in [7, 11) is 0. The summed E-state index contributed by atoms with van der Waals surface area (Å²) in [6, 6.07) is 4.49. The van der Waals surface area contributed by atoms with E-state index in [4.69, 9.17) is 11.6 Å². The fourth-order valence-corrected chi connectivity index (χ4v) is 3.10. The van der Waals surface area contributed by atoms with Crippen LogP contribution < -0.4 is 0 Å². The van der Waals surface area contributed by atoms with Crippen LogP contribution in [0.5, 0.6) is 0 Å². The van der Waals surface area contributed by atoms with Crippen LogP contribution in [0.4, 0.5) is 0 Å². The fraction of sp³-hybridized carbons (Fsp3) is 0.538. The average Bonchev–Trinajstić information content (AvgIpc) is 2.85. The Labute approximate surface area is 117 Å². The molecule has 3 nitrogen and oxygen atoms in total. The molecule has 2 aromatic rings. The molecule has 0 bridgehead atoms. The van der Waals surface area contributed by atoms with Gasteiger partial charge in [0.2, 0.25) is 5.28 Å². The van der Waals surface area contributed by atoms with Gasteiger partial charge in [-0.25, -0.2) is 0 Å². The topological polar surface area (TPSA) is 30.7 Å². The Balaban J connectivity index is 2.30. The maximum Gasteiger partial charge on any atom is 0.225 e. The van der Waals surface area contributed by atoms with Gasteiger partial charge >= 0.3 is 0 Å². The van der Waals surface area contributed by atoms with Gasteiger partial charge in [0.05, 0.1) is 0 Å². The zero-order chi connectivity index (χ0) is 13.3. The summed E-state index contributed by atoms with van der Waals surface area (Å²) in [5.74, 6) is 0.941. The highest BCUT2D eigenvalue weighted by molar-refractivity contribution is 7.09. The van der Waals surface area contributed by atoms with Crippen LogP contribution in [-0.2, 0) is 11.8 Å². The van der Waals surface area contributed by atoms with Crippen molar-refractivity contribution >= 4 is 22.9 Å². The highest BCUT2D eigenvalue weighted by Gasteiger charge is 2.26. The SMILES string of the molecule is CC(Cc1cccs1)n1c(Cl)nnc1C(C)(C)C. The Hall–Kier alpha value is -0.870. The smallest absolute Gasteiger partial charge is 0.225 e. The molecule has 0 fully saturated rings. The van der Waals surface area contributed by atoms with E-state index in [1.807, 2.05) is 4.57 Å². The van der Waals surface area contributed by atoms with Crippen molar-refractivity contribution < 1.29 is 0 Å². The van der Waals surface area contributed by atoms with Gasteiger partial charge in [-0.15, -0.1) is 21.5 Å². The van der Waals surface area contributed by atoms with Crippen LogP contribution >= 0.6 is 22.9 Å². The standard InChI is InChI=1S/C13H18ClN3S/c1-9(8-10-6-5-7-18-10)17-11(13(2,3)4)15-16-12(17)14/h5-7,9H,8H2,1-4H3. The lowest BCUT2D eigenvalue weighted by molar-refractivity contribution is 0.451. The maximum absolute atomic E-state index is 6.18. The quantitative estimate of drug-likeness (QED) is 0.849. The third kappa shape index (κ3) is 2.75. The van der Waals surface area contributed by atoms with Crippen molar-refractivity contribution in [2.45, 2.75) is 45.6 Å². The molecule has 0 radical (unpaired) electrons. The molecule has 2 aromatic heterocycles. The summed E-state index contributed by atoms with van der Waals surface area (Å²) >= 11 is 7.95. The number of aromatic nitrogens is 3.